The van der Waals surface area contributed by atoms with Crippen LogP contribution in [0.2, 0.25) is 0 Å². The molecule has 0 fully saturated rings. The van der Waals surface area contributed by atoms with E-state index in [0.717, 1.165) is 13.1 Å². The molecular formula is C22H32Cl2CuN3-. The van der Waals surface area contributed by atoms with E-state index < -0.39 is 0 Å². The Hall–Kier alpha value is -0.581. The molecule has 0 amide bonds. The van der Waals surface area contributed by atoms with Gasteiger partial charge < -0.3 is 16.8 Å². The summed E-state index contributed by atoms with van der Waals surface area (Å²) in [6.07, 6.45) is 0. The molecule has 0 aliphatic heterocycles. The van der Waals surface area contributed by atoms with Crippen molar-refractivity contribution in [1.82, 2.24) is 0 Å². The number of rotatable bonds is 6. The second-order valence-electron chi connectivity index (χ2n) is 7.47. The van der Waals surface area contributed by atoms with Crippen LogP contribution in [0.25, 0.3) is 5.32 Å². The number of hydrogen-bond acceptors (Lipinski definition) is 2. The molecule has 161 valence electrons. The fourth-order valence-corrected chi connectivity index (χ4v) is 4.09. The van der Waals surface area contributed by atoms with Gasteiger partial charge in [0.1, 0.15) is 0 Å². The Labute approximate surface area is 185 Å². The number of hydrogen-bond donors (Lipinski definition) is 2. The van der Waals surface area contributed by atoms with Crippen LogP contribution in [0, 0.1) is 41.5 Å². The molecule has 0 heterocycles. The number of aryl methyl sites for hydroxylation is 6. The Morgan fingerprint density at radius 3 is 1.21 bits per heavy atom. The SMILES string of the molecule is Cc1cc(C)c(C(N)C[N-]CC(N)c2c(C)cc(C)cc2C)c(C)c1.[Cl][Cu][Cl]. The fraction of sp³-hybridized carbons (Fsp3) is 0.455. The quantitative estimate of drug-likeness (QED) is 0.507. The van der Waals surface area contributed by atoms with Crippen molar-refractivity contribution in [3.63, 3.8) is 0 Å². The average molecular weight is 473 g/mol. The van der Waals surface area contributed by atoms with Crippen LogP contribution in [0.3, 0.4) is 0 Å². The third-order valence-corrected chi connectivity index (χ3v) is 4.87. The molecule has 3 nitrogen and oxygen atoms in total. The van der Waals surface area contributed by atoms with Gasteiger partial charge >= 0.3 is 33.3 Å². The van der Waals surface area contributed by atoms with E-state index in [1.165, 1.54) is 44.5 Å². The third-order valence-electron chi connectivity index (χ3n) is 4.87. The maximum atomic E-state index is 6.42. The van der Waals surface area contributed by atoms with E-state index in [9.17, 15) is 0 Å². The molecular weight excluding hydrogens is 441 g/mol. The molecule has 0 saturated heterocycles. The topological polar surface area (TPSA) is 66.1 Å². The first kappa shape index (κ1) is 25.5. The Bertz CT molecular complexity index is 671. The molecule has 2 rings (SSSR count). The van der Waals surface area contributed by atoms with E-state index in [0.29, 0.717) is 13.1 Å². The minimum absolute atomic E-state index is 0.0759. The van der Waals surface area contributed by atoms with Crippen LogP contribution >= 0.6 is 20.2 Å². The van der Waals surface area contributed by atoms with E-state index in [1.54, 1.807) is 0 Å². The van der Waals surface area contributed by atoms with Crippen LogP contribution in [0.5, 0.6) is 0 Å². The van der Waals surface area contributed by atoms with Gasteiger partial charge in [-0.3, -0.25) is 0 Å². The summed E-state index contributed by atoms with van der Waals surface area (Å²) in [6, 6.07) is 8.60. The van der Waals surface area contributed by atoms with Gasteiger partial charge in [-0.1, -0.05) is 35.4 Å². The Balaban J connectivity index is 0.00000122. The molecule has 0 bridgehead atoms. The van der Waals surface area contributed by atoms with Gasteiger partial charge in [0, 0.05) is 12.1 Å². The zero-order valence-electron chi connectivity index (χ0n) is 17.5. The molecule has 4 N–H and O–H groups in total. The number of nitrogens with zero attached hydrogens (tertiary/aromatic N) is 1. The molecule has 0 aromatic heterocycles. The standard InChI is InChI=1S/C22H32N3.2ClH.Cu/c1-13-7-15(3)21(16(4)8-13)19(23)11-25-12-20(24)22-17(5)9-14(2)10-18(22)6;;;/h7-10,19-20H,11-12,23-24H2,1-6H3;2*1H;/q-1;;;+2/p-2. The van der Waals surface area contributed by atoms with Crippen LogP contribution in [-0.4, -0.2) is 13.1 Å². The van der Waals surface area contributed by atoms with Gasteiger partial charge in [0.15, 0.2) is 0 Å². The van der Waals surface area contributed by atoms with Crippen molar-refractivity contribution in [3.05, 3.63) is 74.1 Å². The summed E-state index contributed by atoms with van der Waals surface area (Å²) in [7, 11) is 9.34. The van der Waals surface area contributed by atoms with Gasteiger partial charge in [0.2, 0.25) is 0 Å². The summed E-state index contributed by atoms with van der Waals surface area (Å²) in [4.78, 5) is 0. The van der Waals surface area contributed by atoms with E-state index >= 15 is 0 Å². The van der Waals surface area contributed by atoms with E-state index in [-0.39, 0.29) is 12.1 Å². The van der Waals surface area contributed by atoms with Crippen molar-refractivity contribution < 1.29 is 13.1 Å². The molecule has 6 heteroatoms. The van der Waals surface area contributed by atoms with Gasteiger partial charge in [-0.05, 0) is 74.9 Å². The van der Waals surface area contributed by atoms with Crippen LogP contribution in [0.1, 0.15) is 56.6 Å². The van der Waals surface area contributed by atoms with Crippen molar-refractivity contribution in [1.29, 1.82) is 0 Å². The molecule has 0 spiro atoms. The molecule has 2 aromatic carbocycles. The molecule has 2 aromatic rings. The first-order valence-electron chi connectivity index (χ1n) is 9.23. The van der Waals surface area contributed by atoms with E-state index in [4.69, 9.17) is 11.5 Å². The van der Waals surface area contributed by atoms with Gasteiger partial charge in [0.25, 0.3) is 0 Å². The monoisotopic (exact) mass is 471 g/mol. The number of benzene rings is 2. The predicted octanol–water partition coefficient (Wildman–Crippen LogP) is 5.99. The Morgan fingerprint density at radius 2 is 0.964 bits per heavy atom. The predicted molar refractivity (Wildman–Crippen MR) is 120 cm³/mol. The first-order chi connectivity index (χ1) is 13.1. The molecule has 0 aliphatic carbocycles. The van der Waals surface area contributed by atoms with Crippen molar-refractivity contribution in [2.24, 2.45) is 11.5 Å². The Morgan fingerprint density at radius 1 is 0.714 bits per heavy atom. The van der Waals surface area contributed by atoms with Crippen molar-refractivity contribution in [2.75, 3.05) is 13.1 Å². The summed E-state index contributed by atoms with van der Waals surface area (Å²) in [5, 5.41) is 4.68. The third kappa shape index (κ3) is 7.35. The summed E-state index contributed by atoms with van der Waals surface area (Å²) < 4.78 is 0. The van der Waals surface area contributed by atoms with Gasteiger partial charge in [-0.15, -0.1) is 13.1 Å². The van der Waals surface area contributed by atoms with Gasteiger partial charge in [0.05, 0.1) is 0 Å². The zero-order valence-corrected chi connectivity index (χ0v) is 20.0. The molecule has 2 atom stereocenters. The molecule has 28 heavy (non-hydrogen) atoms. The minimum atomic E-state index is -0.0759. The van der Waals surface area contributed by atoms with Crippen molar-refractivity contribution in [2.45, 2.75) is 53.6 Å². The summed E-state index contributed by atoms with van der Waals surface area (Å²) in [5.74, 6) is 0. The number of nitrogens with two attached hydrogens (primary N) is 2. The van der Waals surface area contributed by atoms with Crippen LogP contribution in [0.4, 0.5) is 0 Å². The number of halogens is 2. The van der Waals surface area contributed by atoms with E-state index in [2.05, 4.69) is 91.3 Å². The van der Waals surface area contributed by atoms with Crippen molar-refractivity contribution in [3.8, 4) is 0 Å². The van der Waals surface area contributed by atoms with E-state index in [1.807, 2.05) is 0 Å². The Kier molecular flexibility index (Phi) is 11.1. The van der Waals surface area contributed by atoms with Gasteiger partial charge in [-0.2, -0.15) is 0 Å². The molecule has 0 saturated carbocycles. The maximum absolute atomic E-state index is 6.42. The van der Waals surface area contributed by atoms with Crippen LogP contribution in [-0.2, 0) is 13.1 Å². The molecule has 0 aliphatic rings. The molecule has 2 unspecified atom stereocenters. The summed E-state index contributed by atoms with van der Waals surface area (Å²) in [6.45, 7) is 13.9. The first-order valence-corrected chi connectivity index (χ1v) is 11.8. The van der Waals surface area contributed by atoms with Crippen LogP contribution in [0.15, 0.2) is 24.3 Å². The van der Waals surface area contributed by atoms with Gasteiger partial charge in [-0.25, -0.2) is 0 Å². The summed E-state index contributed by atoms with van der Waals surface area (Å²) in [5.41, 5.74) is 22.8. The summed E-state index contributed by atoms with van der Waals surface area (Å²) >= 11 is 0.757. The average Bonchev–Trinajstić information content (AvgIpc) is 2.53. The second kappa shape index (κ2) is 12.2. The normalized spacial score (nSPS) is 13.1. The van der Waals surface area contributed by atoms with Crippen molar-refractivity contribution >= 4 is 20.2 Å². The molecule has 0 radical (unpaired) electrons. The second-order valence-corrected chi connectivity index (χ2v) is 9.02. The van der Waals surface area contributed by atoms with Crippen LogP contribution < -0.4 is 11.5 Å². The fourth-order valence-electron chi connectivity index (χ4n) is 4.09. The zero-order chi connectivity index (χ0) is 21.4.